The summed E-state index contributed by atoms with van der Waals surface area (Å²) in [5.41, 5.74) is 0. The molecule has 2 unspecified atom stereocenters. The third-order valence-electron chi connectivity index (χ3n) is 2.66. The van der Waals surface area contributed by atoms with Crippen LogP contribution in [-0.4, -0.2) is 13.2 Å². The molecule has 0 radical (unpaired) electrons. The summed E-state index contributed by atoms with van der Waals surface area (Å²) >= 11 is 0. The first-order chi connectivity index (χ1) is 4.75. The van der Waals surface area contributed by atoms with Gasteiger partial charge in [0.25, 0.3) is 0 Å². The van der Waals surface area contributed by atoms with Gasteiger partial charge in [-0.15, -0.1) is 0 Å². The maximum absolute atomic E-state index is 5.39. The van der Waals surface area contributed by atoms with Crippen LogP contribution in [0.2, 0.25) is 0 Å². The molecule has 1 fully saturated rings. The summed E-state index contributed by atoms with van der Waals surface area (Å²) in [6.07, 6.45) is 4.57. The highest BCUT2D eigenvalue weighted by atomic mass is 16.5. The molecule has 1 heteroatoms. The Morgan fingerprint density at radius 1 is 1.30 bits per heavy atom. The van der Waals surface area contributed by atoms with Gasteiger partial charge in [0.1, 0.15) is 0 Å². The molecule has 1 nitrogen and oxygen atoms in total. The van der Waals surface area contributed by atoms with E-state index in [1.54, 1.807) is 0 Å². The Balaban J connectivity index is 2.42. The minimum absolute atomic E-state index is 0.556. The van der Waals surface area contributed by atoms with Crippen LogP contribution in [0.1, 0.15) is 33.1 Å². The third-order valence-corrected chi connectivity index (χ3v) is 2.66. The fourth-order valence-electron chi connectivity index (χ4n) is 2.01. The van der Waals surface area contributed by atoms with Gasteiger partial charge in [-0.05, 0) is 24.7 Å². The van der Waals surface area contributed by atoms with E-state index in [-0.39, 0.29) is 0 Å². The van der Waals surface area contributed by atoms with Crippen LogP contribution < -0.4 is 0 Å². The lowest BCUT2D eigenvalue weighted by Crippen LogP contribution is -2.20. The lowest BCUT2D eigenvalue weighted by atomic mass is 9.93. The van der Waals surface area contributed by atoms with Crippen LogP contribution in [0.5, 0.6) is 0 Å². The lowest BCUT2D eigenvalue weighted by Gasteiger charge is -2.21. The number of rotatable bonds is 2. The SMILES string of the molecule is COC1CCCC1C(C)C. The zero-order valence-electron chi connectivity index (χ0n) is 7.26. The molecule has 1 saturated carbocycles. The molecule has 10 heavy (non-hydrogen) atoms. The highest BCUT2D eigenvalue weighted by Gasteiger charge is 2.28. The smallest absolute Gasteiger partial charge is 0.0601 e. The van der Waals surface area contributed by atoms with Gasteiger partial charge in [0.15, 0.2) is 0 Å². The lowest BCUT2D eigenvalue weighted by molar-refractivity contribution is 0.0541. The van der Waals surface area contributed by atoms with Crippen molar-refractivity contribution in [3.05, 3.63) is 0 Å². The molecule has 60 valence electrons. The molecule has 0 bridgehead atoms. The normalized spacial score (nSPS) is 33.6. The Bertz CT molecular complexity index is 98.9. The van der Waals surface area contributed by atoms with Crippen molar-refractivity contribution < 1.29 is 4.74 Å². The van der Waals surface area contributed by atoms with E-state index in [0.29, 0.717) is 6.10 Å². The standard InChI is InChI=1S/C9H18O/c1-7(2)8-5-4-6-9(8)10-3/h7-9H,4-6H2,1-3H3. The van der Waals surface area contributed by atoms with E-state index in [4.69, 9.17) is 4.74 Å². The molecule has 2 atom stereocenters. The monoisotopic (exact) mass is 142 g/mol. The van der Waals surface area contributed by atoms with Crippen molar-refractivity contribution in [2.75, 3.05) is 7.11 Å². The van der Waals surface area contributed by atoms with Gasteiger partial charge in [0.05, 0.1) is 6.10 Å². The van der Waals surface area contributed by atoms with Gasteiger partial charge in [-0.2, -0.15) is 0 Å². The number of ether oxygens (including phenoxy) is 1. The molecule has 0 amide bonds. The average molecular weight is 142 g/mol. The highest BCUT2D eigenvalue weighted by molar-refractivity contribution is 4.79. The maximum Gasteiger partial charge on any atom is 0.0601 e. The van der Waals surface area contributed by atoms with Crippen LogP contribution in [-0.2, 0) is 4.74 Å². The molecule has 0 spiro atoms. The summed E-state index contributed by atoms with van der Waals surface area (Å²) in [4.78, 5) is 0. The van der Waals surface area contributed by atoms with Crippen molar-refractivity contribution in [3.63, 3.8) is 0 Å². The molecule has 0 aliphatic heterocycles. The highest BCUT2D eigenvalue weighted by Crippen LogP contribution is 2.32. The summed E-state index contributed by atoms with van der Waals surface area (Å²) in [6, 6.07) is 0. The van der Waals surface area contributed by atoms with Crippen molar-refractivity contribution >= 4 is 0 Å². The third kappa shape index (κ3) is 1.51. The molecule has 0 aromatic heterocycles. The summed E-state index contributed by atoms with van der Waals surface area (Å²) in [5, 5.41) is 0. The molecule has 1 rings (SSSR count). The first-order valence-electron chi connectivity index (χ1n) is 4.28. The van der Waals surface area contributed by atoms with E-state index in [1.165, 1.54) is 19.3 Å². The van der Waals surface area contributed by atoms with Gasteiger partial charge >= 0.3 is 0 Å². The quantitative estimate of drug-likeness (QED) is 0.575. The van der Waals surface area contributed by atoms with Crippen molar-refractivity contribution in [1.29, 1.82) is 0 Å². The van der Waals surface area contributed by atoms with Crippen molar-refractivity contribution in [2.24, 2.45) is 11.8 Å². The summed E-state index contributed by atoms with van der Waals surface area (Å²) < 4.78 is 5.39. The Morgan fingerprint density at radius 2 is 2.00 bits per heavy atom. The van der Waals surface area contributed by atoms with Crippen molar-refractivity contribution in [3.8, 4) is 0 Å². The molecule has 0 N–H and O–H groups in total. The van der Waals surface area contributed by atoms with Crippen LogP contribution in [0.3, 0.4) is 0 Å². The first-order valence-corrected chi connectivity index (χ1v) is 4.28. The summed E-state index contributed by atoms with van der Waals surface area (Å²) in [5.74, 6) is 1.62. The maximum atomic E-state index is 5.39. The number of hydrogen-bond acceptors (Lipinski definition) is 1. The van der Waals surface area contributed by atoms with E-state index in [9.17, 15) is 0 Å². The van der Waals surface area contributed by atoms with Crippen LogP contribution in [0.25, 0.3) is 0 Å². The number of hydrogen-bond donors (Lipinski definition) is 0. The predicted octanol–water partition coefficient (Wildman–Crippen LogP) is 2.46. The zero-order chi connectivity index (χ0) is 7.56. The summed E-state index contributed by atoms with van der Waals surface area (Å²) in [6.45, 7) is 4.59. The van der Waals surface area contributed by atoms with E-state index < -0.39 is 0 Å². The van der Waals surface area contributed by atoms with Crippen LogP contribution >= 0.6 is 0 Å². The second kappa shape index (κ2) is 3.38. The average Bonchev–Trinajstić information content (AvgIpc) is 2.33. The largest absolute Gasteiger partial charge is 0.381 e. The molecule has 1 aliphatic carbocycles. The van der Waals surface area contributed by atoms with Crippen LogP contribution in [0.4, 0.5) is 0 Å². The minimum atomic E-state index is 0.556. The van der Waals surface area contributed by atoms with Gasteiger partial charge in [-0.3, -0.25) is 0 Å². The Kier molecular flexibility index (Phi) is 2.72. The van der Waals surface area contributed by atoms with Crippen LogP contribution in [0.15, 0.2) is 0 Å². The van der Waals surface area contributed by atoms with E-state index in [1.807, 2.05) is 7.11 Å². The van der Waals surface area contributed by atoms with Crippen molar-refractivity contribution in [2.45, 2.75) is 39.2 Å². The molecular weight excluding hydrogens is 124 g/mol. The van der Waals surface area contributed by atoms with E-state index in [2.05, 4.69) is 13.8 Å². The van der Waals surface area contributed by atoms with E-state index in [0.717, 1.165) is 11.8 Å². The molecule has 0 aromatic carbocycles. The minimum Gasteiger partial charge on any atom is -0.381 e. The predicted molar refractivity (Wildman–Crippen MR) is 43.0 cm³/mol. The molecular formula is C9H18O. The van der Waals surface area contributed by atoms with Gasteiger partial charge in [-0.25, -0.2) is 0 Å². The Morgan fingerprint density at radius 3 is 2.40 bits per heavy atom. The van der Waals surface area contributed by atoms with Crippen LogP contribution in [0, 0.1) is 11.8 Å². The fraction of sp³-hybridized carbons (Fsp3) is 1.00. The molecule has 1 aliphatic rings. The second-order valence-corrected chi connectivity index (χ2v) is 3.61. The molecule has 0 heterocycles. The number of methoxy groups -OCH3 is 1. The summed E-state index contributed by atoms with van der Waals surface area (Å²) in [7, 11) is 1.84. The van der Waals surface area contributed by atoms with Crippen molar-refractivity contribution in [1.82, 2.24) is 0 Å². The zero-order valence-corrected chi connectivity index (χ0v) is 7.26. The molecule has 0 aromatic rings. The Labute approximate surface area is 63.8 Å². The topological polar surface area (TPSA) is 9.23 Å². The van der Waals surface area contributed by atoms with E-state index >= 15 is 0 Å². The van der Waals surface area contributed by atoms with Gasteiger partial charge in [0.2, 0.25) is 0 Å². The molecule has 0 saturated heterocycles. The van der Waals surface area contributed by atoms with Gasteiger partial charge in [-0.1, -0.05) is 20.3 Å². The first kappa shape index (κ1) is 8.06. The Hall–Kier alpha value is -0.0400. The second-order valence-electron chi connectivity index (χ2n) is 3.61. The fourth-order valence-corrected chi connectivity index (χ4v) is 2.01. The van der Waals surface area contributed by atoms with Gasteiger partial charge in [0, 0.05) is 7.11 Å². The van der Waals surface area contributed by atoms with Gasteiger partial charge < -0.3 is 4.74 Å².